The number of carboxylic acids is 1. The zero-order chi connectivity index (χ0) is 23.5. The van der Waals surface area contributed by atoms with Crippen molar-refractivity contribution in [1.82, 2.24) is 0 Å². The van der Waals surface area contributed by atoms with Crippen LogP contribution in [0.4, 0.5) is 11.4 Å². The number of amides is 1. The second-order valence-corrected chi connectivity index (χ2v) is 8.41. The summed E-state index contributed by atoms with van der Waals surface area (Å²) in [5.74, 6) is -0.0711. The summed E-state index contributed by atoms with van der Waals surface area (Å²) in [5.41, 5.74) is 2.44. The van der Waals surface area contributed by atoms with Crippen LogP contribution in [0.2, 0.25) is 0 Å². The Morgan fingerprint density at radius 1 is 0.882 bits per heavy atom. The van der Waals surface area contributed by atoms with Gasteiger partial charge in [0.2, 0.25) is 0 Å². The number of aromatic carboxylic acids is 1. The molecule has 7 heteroatoms. The topological polar surface area (TPSA) is 83.1 Å². The standard InChI is InChI=1S/C27H18N2O4S/c30-25-24(17-22-15-16-23(33-22)18-11-13-19(14-12-18)26(31)32)34-27(28-20-7-3-1-4-8-20)29(25)21-9-5-2-6-10-21/h1-17H,(H,31,32)/b24-17-,28-27+. The molecule has 3 aromatic carbocycles. The molecular weight excluding hydrogens is 448 g/mol. The van der Waals surface area contributed by atoms with Crippen LogP contribution in [0.1, 0.15) is 16.1 Å². The van der Waals surface area contributed by atoms with E-state index in [9.17, 15) is 9.59 Å². The first-order valence-electron chi connectivity index (χ1n) is 10.4. The summed E-state index contributed by atoms with van der Waals surface area (Å²) in [5, 5.41) is 9.63. The van der Waals surface area contributed by atoms with Crippen LogP contribution >= 0.6 is 11.8 Å². The highest BCUT2D eigenvalue weighted by Crippen LogP contribution is 2.37. The number of nitrogens with zero attached hydrogens (tertiary/aromatic N) is 2. The van der Waals surface area contributed by atoms with Gasteiger partial charge in [0, 0.05) is 11.6 Å². The van der Waals surface area contributed by atoms with Gasteiger partial charge in [-0.2, -0.15) is 0 Å². The predicted octanol–water partition coefficient (Wildman–Crippen LogP) is 6.45. The Balaban J connectivity index is 1.47. The molecule has 0 saturated carbocycles. The third-order valence-electron chi connectivity index (χ3n) is 5.12. The zero-order valence-electron chi connectivity index (χ0n) is 17.8. The van der Waals surface area contributed by atoms with Crippen molar-refractivity contribution in [3.63, 3.8) is 0 Å². The molecule has 1 aliphatic heterocycles. The van der Waals surface area contributed by atoms with Crippen LogP contribution in [0, 0.1) is 0 Å². The highest BCUT2D eigenvalue weighted by atomic mass is 32.2. The molecule has 4 aromatic rings. The van der Waals surface area contributed by atoms with Gasteiger partial charge in [-0.15, -0.1) is 0 Å². The molecule has 2 heterocycles. The Kier molecular flexibility index (Phi) is 5.84. The Labute approximate surface area is 199 Å². The highest BCUT2D eigenvalue weighted by Gasteiger charge is 2.35. The number of anilines is 1. The fraction of sp³-hybridized carbons (Fsp3) is 0. The van der Waals surface area contributed by atoms with Gasteiger partial charge in [-0.1, -0.05) is 48.5 Å². The van der Waals surface area contributed by atoms with Crippen molar-refractivity contribution in [2.75, 3.05) is 4.90 Å². The second-order valence-electron chi connectivity index (χ2n) is 7.40. The number of thioether (sulfide) groups is 1. The van der Waals surface area contributed by atoms with E-state index in [1.807, 2.05) is 60.7 Å². The number of carboxylic acid groups (broad SMARTS) is 1. The normalized spacial score (nSPS) is 15.9. The van der Waals surface area contributed by atoms with E-state index in [1.54, 1.807) is 35.2 Å². The van der Waals surface area contributed by atoms with Crippen LogP contribution in [0.15, 0.2) is 111 Å². The molecule has 1 fully saturated rings. The number of hydrogen-bond acceptors (Lipinski definition) is 5. The SMILES string of the molecule is O=C(O)c1ccc(-c2ccc(/C=C3\S/C(=N/c4ccccc4)N(c4ccccc4)C3=O)o2)cc1. The lowest BCUT2D eigenvalue weighted by molar-refractivity contribution is -0.113. The number of benzene rings is 3. The van der Waals surface area contributed by atoms with E-state index in [0.29, 0.717) is 21.6 Å². The minimum absolute atomic E-state index is 0.186. The molecule has 166 valence electrons. The van der Waals surface area contributed by atoms with Gasteiger partial charge >= 0.3 is 5.97 Å². The van der Waals surface area contributed by atoms with Crippen LogP contribution in [0.5, 0.6) is 0 Å². The van der Waals surface area contributed by atoms with Gasteiger partial charge in [0.05, 0.1) is 21.8 Å². The molecule has 5 rings (SSSR count). The average Bonchev–Trinajstić information content (AvgIpc) is 3.45. The largest absolute Gasteiger partial charge is 0.478 e. The Hall–Kier alpha value is -4.36. The molecule has 0 bridgehead atoms. The number of hydrogen-bond donors (Lipinski definition) is 1. The Bertz CT molecular complexity index is 1410. The van der Waals surface area contributed by atoms with Crippen molar-refractivity contribution in [1.29, 1.82) is 0 Å². The maximum Gasteiger partial charge on any atom is 0.335 e. The van der Waals surface area contributed by atoms with E-state index >= 15 is 0 Å². The van der Waals surface area contributed by atoms with Gasteiger partial charge < -0.3 is 9.52 Å². The number of furan rings is 1. The van der Waals surface area contributed by atoms with Gasteiger partial charge in [-0.25, -0.2) is 9.79 Å². The lowest BCUT2D eigenvalue weighted by atomic mass is 10.1. The molecule has 1 saturated heterocycles. The van der Waals surface area contributed by atoms with E-state index < -0.39 is 5.97 Å². The van der Waals surface area contributed by atoms with E-state index in [4.69, 9.17) is 14.5 Å². The summed E-state index contributed by atoms with van der Waals surface area (Å²) < 4.78 is 5.93. The quantitative estimate of drug-likeness (QED) is 0.342. The van der Waals surface area contributed by atoms with Crippen LogP contribution in [-0.2, 0) is 4.79 Å². The smallest absolute Gasteiger partial charge is 0.335 e. The molecule has 0 aliphatic carbocycles. The number of carbonyl (C=O) groups is 2. The van der Waals surface area contributed by atoms with Crippen molar-refractivity contribution < 1.29 is 19.1 Å². The number of amidine groups is 1. The number of aliphatic imine (C=N–C) groups is 1. The zero-order valence-corrected chi connectivity index (χ0v) is 18.6. The van der Waals surface area contributed by atoms with Crippen LogP contribution in [0.25, 0.3) is 17.4 Å². The second kappa shape index (κ2) is 9.25. The summed E-state index contributed by atoms with van der Waals surface area (Å²) in [7, 11) is 0. The first kappa shape index (κ1) is 21.5. The van der Waals surface area contributed by atoms with Crippen molar-refractivity contribution in [3.05, 3.63) is 113 Å². The fourth-order valence-corrected chi connectivity index (χ4v) is 4.44. The van der Waals surface area contributed by atoms with Gasteiger partial charge in [0.15, 0.2) is 5.17 Å². The lowest BCUT2D eigenvalue weighted by Crippen LogP contribution is -2.28. The monoisotopic (exact) mass is 466 g/mol. The summed E-state index contributed by atoms with van der Waals surface area (Å²) in [4.78, 5) is 31.2. The molecule has 1 N–H and O–H groups in total. The Morgan fingerprint density at radius 2 is 1.56 bits per heavy atom. The van der Waals surface area contributed by atoms with Gasteiger partial charge in [-0.05, 0) is 60.3 Å². The predicted molar refractivity (Wildman–Crippen MR) is 134 cm³/mol. The fourth-order valence-electron chi connectivity index (χ4n) is 3.46. The minimum Gasteiger partial charge on any atom is -0.478 e. The van der Waals surface area contributed by atoms with Crippen molar-refractivity contribution >= 4 is 46.3 Å². The maximum absolute atomic E-state index is 13.3. The van der Waals surface area contributed by atoms with Crippen LogP contribution < -0.4 is 4.90 Å². The molecule has 0 atom stereocenters. The number of carbonyl (C=O) groups excluding carboxylic acids is 1. The molecule has 0 spiro atoms. The van der Waals surface area contributed by atoms with Crippen molar-refractivity contribution in [2.24, 2.45) is 4.99 Å². The van der Waals surface area contributed by atoms with E-state index in [1.165, 1.54) is 23.9 Å². The summed E-state index contributed by atoms with van der Waals surface area (Å²) in [6, 6.07) is 28.9. The Morgan fingerprint density at radius 3 is 2.24 bits per heavy atom. The average molecular weight is 467 g/mol. The van der Waals surface area contributed by atoms with E-state index in [-0.39, 0.29) is 11.5 Å². The van der Waals surface area contributed by atoms with Gasteiger partial charge in [0.25, 0.3) is 5.91 Å². The number of rotatable bonds is 5. The van der Waals surface area contributed by atoms with Gasteiger partial charge in [-0.3, -0.25) is 9.69 Å². The molecule has 1 aromatic heterocycles. The first-order chi connectivity index (χ1) is 16.6. The maximum atomic E-state index is 13.3. The third-order valence-corrected chi connectivity index (χ3v) is 6.09. The molecule has 0 unspecified atom stereocenters. The molecule has 6 nitrogen and oxygen atoms in total. The highest BCUT2D eigenvalue weighted by molar-refractivity contribution is 8.19. The van der Waals surface area contributed by atoms with E-state index in [0.717, 1.165) is 16.9 Å². The lowest BCUT2D eigenvalue weighted by Gasteiger charge is -2.15. The first-order valence-corrected chi connectivity index (χ1v) is 11.3. The minimum atomic E-state index is -0.982. The molecule has 34 heavy (non-hydrogen) atoms. The molecule has 1 aliphatic rings. The summed E-state index contributed by atoms with van der Waals surface area (Å²) >= 11 is 1.28. The van der Waals surface area contributed by atoms with Gasteiger partial charge in [0.1, 0.15) is 11.5 Å². The van der Waals surface area contributed by atoms with Crippen LogP contribution in [-0.4, -0.2) is 22.2 Å². The van der Waals surface area contributed by atoms with Crippen molar-refractivity contribution in [3.8, 4) is 11.3 Å². The van der Waals surface area contributed by atoms with Crippen LogP contribution in [0.3, 0.4) is 0 Å². The molecule has 0 radical (unpaired) electrons. The molecule has 1 amide bonds. The van der Waals surface area contributed by atoms with E-state index in [2.05, 4.69) is 0 Å². The summed E-state index contributed by atoms with van der Waals surface area (Å²) in [6.07, 6.45) is 1.70. The summed E-state index contributed by atoms with van der Waals surface area (Å²) in [6.45, 7) is 0. The van der Waals surface area contributed by atoms with Crippen molar-refractivity contribution in [2.45, 2.75) is 0 Å². The molecular formula is C27H18N2O4S. The third kappa shape index (κ3) is 4.42. The number of para-hydroxylation sites is 2.